The van der Waals surface area contributed by atoms with Gasteiger partial charge in [-0.1, -0.05) is 19.9 Å². The summed E-state index contributed by atoms with van der Waals surface area (Å²) < 4.78 is 29.0. The van der Waals surface area contributed by atoms with Gasteiger partial charge in [-0.3, -0.25) is 9.48 Å². The first-order chi connectivity index (χ1) is 9.02. The second-order valence-electron chi connectivity index (χ2n) is 4.76. The molecule has 0 saturated carbocycles. The average Bonchev–Trinajstić information content (AvgIpc) is 2.71. The van der Waals surface area contributed by atoms with Crippen LogP contribution in [0.3, 0.4) is 0 Å². The van der Waals surface area contributed by atoms with Gasteiger partial charge in [0.25, 0.3) is 0 Å². The van der Waals surface area contributed by atoms with E-state index in [1.807, 2.05) is 13.8 Å². The highest BCUT2D eigenvalue weighted by atomic mass is 19.1. The van der Waals surface area contributed by atoms with Gasteiger partial charge in [0.1, 0.15) is 17.3 Å². The molecule has 0 fully saturated rings. The molecule has 0 aliphatic carbocycles. The number of halogens is 2. The number of aldehydes is 1. The maximum Gasteiger partial charge on any atom is 0.153 e. The zero-order chi connectivity index (χ0) is 14.0. The van der Waals surface area contributed by atoms with Gasteiger partial charge in [0.15, 0.2) is 6.29 Å². The minimum absolute atomic E-state index is 0.0475. The van der Waals surface area contributed by atoms with Crippen LogP contribution in [0.1, 0.15) is 24.2 Å². The number of aromatic nitrogens is 2. The molecular formula is C14H14F2N2O. The molecule has 0 unspecified atom stereocenters. The van der Waals surface area contributed by atoms with Crippen LogP contribution in [-0.2, 0) is 6.54 Å². The molecule has 0 aliphatic heterocycles. The summed E-state index contributed by atoms with van der Waals surface area (Å²) in [6, 6.07) is 3.57. The second-order valence-corrected chi connectivity index (χ2v) is 4.76. The van der Waals surface area contributed by atoms with Crippen LogP contribution >= 0.6 is 0 Å². The number of rotatable bonds is 4. The van der Waals surface area contributed by atoms with E-state index in [1.165, 1.54) is 16.9 Å². The summed E-state index contributed by atoms with van der Waals surface area (Å²) in [5, 5.41) is 4.12. The molecule has 2 aromatic rings. The fraction of sp³-hybridized carbons (Fsp3) is 0.286. The Morgan fingerprint density at radius 1 is 1.32 bits per heavy atom. The molecule has 0 bridgehead atoms. The summed E-state index contributed by atoms with van der Waals surface area (Å²) in [6.07, 6.45) is 2.07. The number of benzene rings is 1. The second kappa shape index (κ2) is 5.30. The van der Waals surface area contributed by atoms with Gasteiger partial charge in [-0.15, -0.1) is 0 Å². The lowest BCUT2D eigenvalue weighted by Crippen LogP contribution is -2.05. The van der Waals surface area contributed by atoms with E-state index in [1.54, 1.807) is 0 Å². The number of nitrogens with zero attached hydrogens (tertiary/aromatic N) is 2. The van der Waals surface area contributed by atoms with Gasteiger partial charge in [0, 0.05) is 12.7 Å². The molecule has 3 nitrogen and oxygen atoms in total. The van der Waals surface area contributed by atoms with Crippen molar-refractivity contribution >= 4 is 6.29 Å². The first kappa shape index (κ1) is 13.4. The Morgan fingerprint density at radius 2 is 1.95 bits per heavy atom. The number of carbonyl (C=O) groups is 1. The Labute approximate surface area is 109 Å². The van der Waals surface area contributed by atoms with Gasteiger partial charge < -0.3 is 0 Å². The van der Waals surface area contributed by atoms with Crippen molar-refractivity contribution in [2.45, 2.75) is 20.4 Å². The Hall–Kier alpha value is -2.04. The Morgan fingerprint density at radius 3 is 2.47 bits per heavy atom. The third-order valence-corrected chi connectivity index (χ3v) is 2.67. The summed E-state index contributed by atoms with van der Waals surface area (Å²) in [5.41, 5.74) is -0.0250. The van der Waals surface area contributed by atoms with Crippen LogP contribution in [0.25, 0.3) is 11.3 Å². The predicted molar refractivity (Wildman–Crippen MR) is 67.8 cm³/mol. The fourth-order valence-electron chi connectivity index (χ4n) is 1.91. The first-order valence-electron chi connectivity index (χ1n) is 6.00. The molecule has 0 aliphatic rings. The van der Waals surface area contributed by atoms with Crippen LogP contribution in [0.15, 0.2) is 24.4 Å². The topological polar surface area (TPSA) is 34.9 Å². The molecule has 0 spiro atoms. The number of hydrogen-bond donors (Lipinski definition) is 0. The van der Waals surface area contributed by atoms with Crippen LogP contribution in [0, 0.1) is 17.6 Å². The van der Waals surface area contributed by atoms with E-state index in [9.17, 15) is 13.6 Å². The van der Waals surface area contributed by atoms with Crippen molar-refractivity contribution in [3.05, 3.63) is 41.6 Å². The molecule has 1 heterocycles. The standard InChI is InChI=1S/C14H14F2N2O/c1-9(2)6-18-7-10(8-19)14(17-18)13-11(15)4-3-5-12(13)16/h3-5,7-9H,6H2,1-2H3. The zero-order valence-electron chi connectivity index (χ0n) is 10.7. The highest BCUT2D eigenvalue weighted by molar-refractivity contribution is 5.85. The molecule has 100 valence electrons. The monoisotopic (exact) mass is 264 g/mol. The van der Waals surface area contributed by atoms with E-state index >= 15 is 0 Å². The average molecular weight is 264 g/mol. The molecule has 0 N–H and O–H groups in total. The lowest BCUT2D eigenvalue weighted by molar-refractivity contribution is 0.112. The maximum absolute atomic E-state index is 13.7. The van der Waals surface area contributed by atoms with E-state index in [0.717, 1.165) is 12.1 Å². The maximum atomic E-state index is 13.7. The van der Waals surface area contributed by atoms with Gasteiger partial charge >= 0.3 is 0 Å². The van der Waals surface area contributed by atoms with Gasteiger partial charge in [-0.05, 0) is 18.1 Å². The first-order valence-corrected chi connectivity index (χ1v) is 6.00. The lowest BCUT2D eigenvalue weighted by atomic mass is 10.1. The minimum Gasteiger partial charge on any atom is -0.298 e. The van der Waals surface area contributed by atoms with Gasteiger partial charge in [0.2, 0.25) is 0 Å². The summed E-state index contributed by atoms with van der Waals surface area (Å²) in [6.45, 7) is 4.56. The number of carbonyl (C=O) groups excluding carboxylic acids is 1. The lowest BCUT2D eigenvalue weighted by Gasteiger charge is -2.04. The van der Waals surface area contributed by atoms with Crippen molar-refractivity contribution in [2.75, 3.05) is 0 Å². The highest BCUT2D eigenvalue weighted by Crippen LogP contribution is 2.27. The van der Waals surface area contributed by atoms with E-state index in [-0.39, 0.29) is 16.8 Å². The third-order valence-electron chi connectivity index (χ3n) is 2.67. The summed E-state index contributed by atoms with van der Waals surface area (Å²) in [7, 11) is 0. The van der Waals surface area contributed by atoms with Gasteiger partial charge in [0.05, 0.1) is 11.1 Å². The summed E-state index contributed by atoms with van der Waals surface area (Å²) >= 11 is 0. The van der Waals surface area contributed by atoms with E-state index in [0.29, 0.717) is 18.7 Å². The quantitative estimate of drug-likeness (QED) is 0.794. The van der Waals surface area contributed by atoms with Crippen LogP contribution in [-0.4, -0.2) is 16.1 Å². The van der Waals surface area contributed by atoms with Crippen molar-refractivity contribution in [2.24, 2.45) is 5.92 Å². The smallest absolute Gasteiger partial charge is 0.153 e. The van der Waals surface area contributed by atoms with Crippen LogP contribution in [0.2, 0.25) is 0 Å². The van der Waals surface area contributed by atoms with Gasteiger partial charge in [-0.25, -0.2) is 8.78 Å². The normalized spacial score (nSPS) is 11.0. The Bertz CT molecular complexity index is 585. The Kier molecular flexibility index (Phi) is 3.74. The van der Waals surface area contributed by atoms with Crippen molar-refractivity contribution in [1.29, 1.82) is 0 Å². The highest BCUT2D eigenvalue weighted by Gasteiger charge is 2.18. The van der Waals surface area contributed by atoms with Crippen LogP contribution in [0.4, 0.5) is 8.78 Å². The van der Waals surface area contributed by atoms with Crippen molar-refractivity contribution in [3.63, 3.8) is 0 Å². The molecule has 19 heavy (non-hydrogen) atoms. The fourth-order valence-corrected chi connectivity index (χ4v) is 1.91. The van der Waals surface area contributed by atoms with E-state index in [4.69, 9.17) is 0 Å². The molecule has 2 rings (SSSR count). The largest absolute Gasteiger partial charge is 0.298 e. The predicted octanol–water partition coefficient (Wildman–Crippen LogP) is 3.30. The molecule has 5 heteroatoms. The third kappa shape index (κ3) is 2.70. The molecule has 0 atom stereocenters. The molecule has 0 saturated heterocycles. The Balaban J connectivity index is 2.55. The van der Waals surface area contributed by atoms with E-state index < -0.39 is 11.6 Å². The van der Waals surface area contributed by atoms with Crippen LogP contribution in [0.5, 0.6) is 0 Å². The zero-order valence-corrected chi connectivity index (χ0v) is 10.7. The molecular weight excluding hydrogens is 250 g/mol. The van der Waals surface area contributed by atoms with Gasteiger partial charge in [-0.2, -0.15) is 5.10 Å². The van der Waals surface area contributed by atoms with Crippen LogP contribution < -0.4 is 0 Å². The molecule has 0 radical (unpaired) electrons. The molecule has 1 aromatic heterocycles. The summed E-state index contributed by atoms with van der Waals surface area (Å²) in [4.78, 5) is 11.0. The summed E-state index contributed by atoms with van der Waals surface area (Å²) in [5.74, 6) is -1.13. The molecule has 0 amide bonds. The van der Waals surface area contributed by atoms with Crippen molar-refractivity contribution in [3.8, 4) is 11.3 Å². The molecule has 1 aromatic carbocycles. The van der Waals surface area contributed by atoms with Crippen molar-refractivity contribution < 1.29 is 13.6 Å². The van der Waals surface area contributed by atoms with E-state index in [2.05, 4.69) is 5.10 Å². The number of hydrogen-bond acceptors (Lipinski definition) is 2. The van der Waals surface area contributed by atoms with Crippen molar-refractivity contribution in [1.82, 2.24) is 9.78 Å². The minimum atomic E-state index is -0.724. The SMILES string of the molecule is CC(C)Cn1cc(C=O)c(-c2c(F)cccc2F)n1.